The van der Waals surface area contributed by atoms with Gasteiger partial charge in [-0.3, -0.25) is 14.8 Å². The second kappa shape index (κ2) is 8.65. The molecule has 3 aromatic rings. The first-order valence-corrected chi connectivity index (χ1v) is 10.0. The van der Waals surface area contributed by atoms with Crippen molar-refractivity contribution < 1.29 is 19.5 Å². The predicted octanol–water partition coefficient (Wildman–Crippen LogP) is 3.32. The van der Waals surface area contributed by atoms with E-state index < -0.39 is 11.3 Å². The van der Waals surface area contributed by atoms with Gasteiger partial charge >= 0.3 is 0 Å². The number of carbonyl (C=O) groups is 2. The van der Waals surface area contributed by atoms with Gasteiger partial charge in [-0.05, 0) is 46.9 Å². The summed E-state index contributed by atoms with van der Waals surface area (Å²) in [5.74, 6) is -0.582. The zero-order valence-corrected chi connectivity index (χ0v) is 16.6. The Bertz CT molecular complexity index is 1060. The van der Waals surface area contributed by atoms with E-state index in [-0.39, 0.29) is 5.91 Å². The molecule has 0 unspecified atom stereocenters. The van der Waals surface area contributed by atoms with Crippen LogP contribution in [0.2, 0.25) is 0 Å². The maximum absolute atomic E-state index is 13.4. The van der Waals surface area contributed by atoms with Crippen LogP contribution in [0.3, 0.4) is 0 Å². The number of rotatable bonds is 5. The van der Waals surface area contributed by atoms with Gasteiger partial charge in [0.1, 0.15) is 0 Å². The summed E-state index contributed by atoms with van der Waals surface area (Å²) in [6.07, 6.45) is 1.26. The SMILES string of the molecule is O=C(NO)c1ccc(CNC(=O)C2(c3ccc4ccccc4c3)CCOCC2)cc1. The minimum Gasteiger partial charge on any atom is -0.381 e. The highest BCUT2D eigenvalue weighted by Crippen LogP contribution is 2.36. The Morgan fingerprint density at radius 1 is 0.933 bits per heavy atom. The molecule has 1 aliphatic rings. The monoisotopic (exact) mass is 404 g/mol. The van der Waals surface area contributed by atoms with Gasteiger partial charge in [0.15, 0.2) is 0 Å². The zero-order valence-electron chi connectivity index (χ0n) is 16.6. The second-order valence-electron chi connectivity index (χ2n) is 7.58. The molecule has 3 N–H and O–H groups in total. The van der Waals surface area contributed by atoms with E-state index in [4.69, 9.17) is 9.94 Å². The Labute approximate surface area is 174 Å². The van der Waals surface area contributed by atoms with Crippen LogP contribution in [0.15, 0.2) is 66.7 Å². The zero-order chi connectivity index (χ0) is 21.0. The lowest BCUT2D eigenvalue weighted by molar-refractivity contribution is -0.130. The van der Waals surface area contributed by atoms with Gasteiger partial charge in [-0.2, -0.15) is 0 Å². The summed E-state index contributed by atoms with van der Waals surface area (Å²) in [5, 5.41) is 14.1. The van der Waals surface area contributed by atoms with Crippen LogP contribution in [0.1, 0.15) is 34.3 Å². The average molecular weight is 404 g/mol. The fourth-order valence-electron chi connectivity index (χ4n) is 4.04. The summed E-state index contributed by atoms with van der Waals surface area (Å²) in [6, 6.07) is 21.1. The van der Waals surface area contributed by atoms with Crippen LogP contribution in [0, 0.1) is 0 Å². The first kappa shape index (κ1) is 20.1. The number of carbonyl (C=O) groups excluding carboxylic acids is 2. The van der Waals surface area contributed by atoms with E-state index in [0.717, 1.165) is 21.9 Å². The topological polar surface area (TPSA) is 87.7 Å². The fourth-order valence-corrected chi connectivity index (χ4v) is 4.04. The van der Waals surface area contributed by atoms with Crippen LogP contribution in [-0.4, -0.2) is 30.2 Å². The minimum atomic E-state index is -0.626. The Morgan fingerprint density at radius 3 is 2.33 bits per heavy atom. The molecule has 0 spiro atoms. The second-order valence-corrected chi connectivity index (χ2v) is 7.58. The quantitative estimate of drug-likeness (QED) is 0.450. The number of hydrogen-bond acceptors (Lipinski definition) is 4. The summed E-state index contributed by atoms with van der Waals surface area (Å²) in [4.78, 5) is 24.8. The van der Waals surface area contributed by atoms with Crippen molar-refractivity contribution in [2.24, 2.45) is 0 Å². The third kappa shape index (κ3) is 3.92. The van der Waals surface area contributed by atoms with Crippen LogP contribution in [-0.2, 0) is 21.5 Å². The van der Waals surface area contributed by atoms with Crippen molar-refractivity contribution in [3.05, 3.63) is 83.4 Å². The van der Waals surface area contributed by atoms with Crippen molar-refractivity contribution in [3.8, 4) is 0 Å². The molecule has 3 aromatic carbocycles. The van der Waals surface area contributed by atoms with Gasteiger partial charge < -0.3 is 10.1 Å². The van der Waals surface area contributed by atoms with Crippen molar-refractivity contribution in [1.82, 2.24) is 10.8 Å². The number of fused-ring (bicyclic) bond motifs is 1. The molecule has 1 saturated heterocycles. The van der Waals surface area contributed by atoms with Crippen LogP contribution < -0.4 is 10.8 Å². The number of amides is 2. The van der Waals surface area contributed by atoms with E-state index >= 15 is 0 Å². The standard InChI is InChI=1S/C24H24N2O4/c27-22(26-29)19-7-5-17(6-8-19)16-25-23(28)24(11-13-30-14-12-24)21-10-9-18-3-1-2-4-20(18)15-21/h1-10,15,29H,11-14,16H2,(H,25,28)(H,26,27). The molecule has 154 valence electrons. The highest BCUT2D eigenvalue weighted by atomic mass is 16.5. The highest BCUT2D eigenvalue weighted by molar-refractivity contribution is 5.93. The normalized spacial score (nSPS) is 15.5. The molecule has 6 nitrogen and oxygen atoms in total. The van der Waals surface area contributed by atoms with Gasteiger partial charge in [-0.1, -0.05) is 54.6 Å². The summed E-state index contributed by atoms with van der Waals surface area (Å²) < 4.78 is 5.55. The number of benzene rings is 3. The van der Waals surface area contributed by atoms with E-state index in [0.29, 0.717) is 38.2 Å². The van der Waals surface area contributed by atoms with Crippen LogP contribution in [0.25, 0.3) is 10.8 Å². The number of ether oxygens (including phenoxy) is 1. The van der Waals surface area contributed by atoms with E-state index in [2.05, 4.69) is 35.6 Å². The fraction of sp³-hybridized carbons (Fsp3) is 0.250. The number of nitrogens with one attached hydrogen (secondary N) is 2. The van der Waals surface area contributed by atoms with Crippen LogP contribution >= 0.6 is 0 Å². The van der Waals surface area contributed by atoms with Gasteiger partial charge in [0.05, 0.1) is 5.41 Å². The molecular formula is C24H24N2O4. The lowest BCUT2D eigenvalue weighted by Crippen LogP contribution is -2.47. The van der Waals surface area contributed by atoms with Crippen molar-refractivity contribution >= 4 is 22.6 Å². The van der Waals surface area contributed by atoms with Crippen LogP contribution in [0.4, 0.5) is 0 Å². The molecule has 30 heavy (non-hydrogen) atoms. The smallest absolute Gasteiger partial charge is 0.274 e. The summed E-state index contributed by atoms with van der Waals surface area (Å²) in [7, 11) is 0. The third-order valence-corrected chi connectivity index (χ3v) is 5.85. The molecule has 0 radical (unpaired) electrons. The molecule has 1 fully saturated rings. The van der Waals surface area contributed by atoms with Crippen molar-refractivity contribution in [2.45, 2.75) is 24.8 Å². The molecule has 0 aliphatic carbocycles. The van der Waals surface area contributed by atoms with Crippen molar-refractivity contribution in [3.63, 3.8) is 0 Å². The van der Waals surface area contributed by atoms with Gasteiger partial charge in [0.25, 0.3) is 5.91 Å². The Hall–Kier alpha value is -3.22. The Balaban J connectivity index is 1.55. The third-order valence-electron chi connectivity index (χ3n) is 5.85. The highest BCUT2D eigenvalue weighted by Gasteiger charge is 2.41. The lowest BCUT2D eigenvalue weighted by Gasteiger charge is -2.36. The molecule has 4 rings (SSSR count). The van der Waals surface area contributed by atoms with Gasteiger partial charge in [0.2, 0.25) is 5.91 Å². The maximum atomic E-state index is 13.4. The maximum Gasteiger partial charge on any atom is 0.274 e. The average Bonchev–Trinajstić information content (AvgIpc) is 2.82. The van der Waals surface area contributed by atoms with Crippen LogP contribution in [0.5, 0.6) is 0 Å². The van der Waals surface area contributed by atoms with Gasteiger partial charge in [-0.25, -0.2) is 5.48 Å². The van der Waals surface area contributed by atoms with Crippen molar-refractivity contribution in [1.29, 1.82) is 0 Å². The molecular weight excluding hydrogens is 380 g/mol. The molecule has 0 bridgehead atoms. The first-order chi connectivity index (χ1) is 14.6. The van der Waals surface area contributed by atoms with E-state index in [1.807, 2.05) is 12.1 Å². The molecule has 0 aromatic heterocycles. The number of hydroxylamine groups is 1. The molecule has 6 heteroatoms. The minimum absolute atomic E-state index is 0.0155. The molecule has 0 saturated carbocycles. The summed E-state index contributed by atoms with van der Waals surface area (Å²) >= 11 is 0. The largest absolute Gasteiger partial charge is 0.381 e. The number of hydrogen-bond donors (Lipinski definition) is 3. The van der Waals surface area contributed by atoms with Crippen molar-refractivity contribution in [2.75, 3.05) is 13.2 Å². The van der Waals surface area contributed by atoms with Gasteiger partial charge in [0, 0.05) is 25.3 Å². The molecule has 1 aliphatic heterocycles. The van der Waals surface area contributed by atoms with E-state index in [1.54, 1.807) is 29.7 Å². The Kier molecular flexibility index (Phi) is 5.79. The first-order valence-electron chi connectivity index (χ1n) is 10.0. The Morgan fingerprint density at radius 2 is 1.63 bits per heavy atom. The van der Waals surface area contributed by atoms with E-state index in [1.165, 1.54) is 0 Å². The van der Waals surface area contributed by atoms with E-state index in [9.17, 15) is 9.59 Å². The molecule has 2 amide bonds. The summed E-state index contributed by atoms with van der Waals surface area (Å²) in [6.45, 7) is 1.45. The lowest BCUT2D eigenvalue weighted by atomic mass is 9.73. The summed E-state index contributed by atoms with van der Waals surface area (Å²) in [5.41, 5.74) is 3.22. The molecule has 0 atom stereocenters. The molecule has 1 heterocycles. The predicted molar refractivity (Wildman–Crippen MR) is 113 cm³/mol. The van der Waals surface area contributed by atoms with Gasteiger partial charge in [-0.15, -0.1) is 0 Å².